The molecule has 2 nitrogen and oxygen atoms in total. The van der Waals surface area contributed by atoms with Crippen molar-refractivity contribution in [2.45, 2.75) is 58.5 Å². The summed E-state index contributed by atoms with van der Waals surface area (Å²) in [5.41, 5.74) is 0.732. The van der Waals surface area contributed by atoms with E-state index < -0.39 is 5.60 Å². The molecule has 0 aromatic carbocycles. The molecule has 0 aromatic rings. The average molecular weight is 248 g/mol. The first-order valence-corrected chi connectivity index (χ1v) is 6.67. The molecule has 18 heavy (non-hydrogen) atoms. The molecule has 1 fully saturated rings. The minimum atomic E-state index is -0.411. The minimum absolute atomic E-state index is 0.130. The Labute approximate surface area is 111 Å². The summed E-state index contributed by atoms with van der Waals surface area (Å²) in [6.07, 6.45) is 9.81. The van der Waals surface area contributed by atoms with E-state index in [9.17, 15) is 4.79 Å². The molecular formula is C16H24O2. The smallest absolute Gasteiger partial charge is 0.306 e. The van der Waals surface area contributed by atoms with E-state index in [1.165, 1.54) is 0 Å². The standard InChI is InChI=1S/C16H24O2/c1-6-8-13-9-7-10-14(12(13)2)11-15(17)18-16(3,4)5/h1,13-14H,2,7-11H2,3-5H3/t13?,14-/m0/s1. The van der Waals surface area contributed by atoms with Gasteiger partial charge < -0.3 is 4.74 Å². The Morgan fingerprint density at radius 1 is 1.44 bits per heavy atom. The fourth-order valence-electron chi connectivity index (χ4n) is 2.51. The Morgan fingerprint density at radius 3 is 2.61 bits per heavy atom. The van der Waals surface area contributed by atoms with Gasteiger partial charge in [-0.25, -0.2) is 0 Å². The van der Waals surface area contributed by atoms with Crippen LogP contribution in [0.1, 0.15) is 52.9 Å². The Kier molecular flexibility index (Phi) is 5.02. The van der Waals surface area contributed by atoms with Crippen molar-refractivity contribution in [3.05, 3.63) is 12.2 Å². The number of rotatable bonds is 3. The van der Waals surface area contributed by atoms with Gasteiger partial charge in [0.15, 0.2) is 0 Å². The van der Waals surface area contributed by atoms with Crippen LogP contribution in [0.25, 0.3) is 0 Å². The monoisotopic (exact) mass is 248 g/mol. The van der Waals surface area contributed by atoms with E-state index in [1.807, 2.05) is 20.8 Å². The Bertz CT molecular complexity index is 354. The predicted molar refractivity (Wildman–Crippen MR) is 73.9 cm³/mol. The molecule has 0 saturated heterocycles. The third kappa shape index (κ3) is 4.56. The maximum absolute atomic E-state index is 11.8. The van der Waals surface area contributed by atoms with Crippen LogP contribution in [-0.2, 0) is 9.53 Å². The maximum atomic E-state index is 11.8. The molecule has 0 aliphatic heterocycles. The number of allylic oxidation sites excluding steroid dienone is 1. The topological polar surface area (TPSA) is 26.3 Å². The zero-order valence-electron chi connectivity index (χ0n) is 11.8. The quantitative estimate of drug-likeness (QED) is 0.432. The van der Waals surface area contributed by atoms with Gasteiger partial charge in [0.05, 0.1) is 6.42 Å². The van der Waals surface area contributed by atoms with Crippen molar-refractivity contribution in [2.75, 3.05) is 0 Å². The lowest BCUT2D eigenvalue weighted by atomic mass is 9.75. The summed E-state index contributed by atoms with van der Waals surface area (Å²) in [6, 6.07) is 0. The normalized spacial score (nSPS) is 24.4. The molecule has 1 saturated carbocycles. The van der Waals surface area contributed by atoms with Crippen LogP contribution >= 0.6 is 0 Å². The van der Waals surface area contributed by atoms with E-state index in [1.54, 1.807) is 0 Å². The van der Waals surface area contributed by atoms with Crippen LogP contribution in [0.3, 0.4) is 0 Å². The van der Waals surface area contributed by atoms with Crippen LogP contribution in [0.15, 0.2) is 12.2 Å². The average Bonchev–Trinajstić information content (AvgIpc) is 2.21. The van der Waals surface area contributed by atoms with Gasteiger partial charge in [-0.05, 0) is 45.4 Å². The van der Waals surface area contributed by atoms with Gasteiger partial charge in [0.1, 0.15) is 5.60 Å². The first kappa shape index (κ1) is 14.8. The third-order valence-corrected chi connectivity index (χ3v) is 3.35. The highest BCUT2D eigenvalue weighted by atomic mass is 16.6. The van der Waals surface area contributed by atoms with Crippen LogP contribution < -0.4 is 0 Å². The maximum Gasteiger partial charge on any atom is 0.306 e. The number of carbonyl (C=O) groups is 1. The summed E-state index contributed by atoms with van der Waals surface area (Å²) in [4.78, 5) is 11.8. The summed E-state index contributed by atoms with van der Waals surface area (Å²) >= 11 is 0. The summed E-state index contributed by atoms with van der Waals surface area (Å²) in [5, 5.41) is 0. The minimum Gasteiger partial charge on any atom is -0.460 e. The molecule has 1 rings (SSSR count). The van der Waals surface area contributed by atoms with E-state index in [2.05, 4.69) is 12.5 Å². The van der Waals surface area contributed by atoms with Crippen molar-refractivity contribution in [3.8, 4) is 12.3 Å². The lowest BCUT2D eigenvalue weighted by Gasteiger charge is -2.31. The van der Waals surface area contributed by atoms with E-state index >= 15 is 0 Å². The van der Waals surface area contributed by atoms with Gasteiger partial charge in [0.2, 0.25) is 0 Å². The van der Waals surface area contributed by atoms with Gasteiger partial charge in [-0.3, -0.25) is 4.79 Å². The fraction of sp³-hybridized carbons (Fsp3) is 0.688. The Balaban J connectivity index is 2.54. The molecule has 1 unspecified atom stereocenters. The second-order valence-corrected chi connectivity index (χ2v) is 6.10. The summed E-state index contributed by atoms with van der Waals surface area (Å²) < 4.78 is 5.36. The van der Waals surface area contributed by atoms with Crippen molar-refractivity contribution in [2.24, 2.45) is 11.8 Å². The van der Waals surface area contributed by atoms with Crippen LogP contribution in [0.5, 0.6) is 0 Å². The van der Waals surface area contributed by atoms with E-state index in [0.717, 1.165) is 31.3 Å². The van der Waals surface area contributed by atoms with Crippen molar-refractivity contribution in [3.63, 3.8) is 0 Å². The van der Waals surface area contributed by atoms with Crippen LogP contribution in [-0.4, -0.2) is 11.6 Å². The van der Waals surface area contributed by atoms with Crippen molar-refractivity contribution in [1.29, 1.82) is 0 Å². The summed E-state index contributed by atoms with van der Waals surface area (Å²) in [7, 11) is 0. The van der Waals surface area contributed by atoms with Crippen molar-refractivity contribution >= 4 is 5.97 Å². The Hall–Kier alpha value is -1.23. The SMILES string of the molecule is C#CCC1CCC[C@@H](CC(=O)OC(C)(C)C)C1=C. The molecule has 0 bridgehead atoms. The lowest BCUT2D eigenvalue weighted by molar-refractivity contribution is -0.155. The second kappa shape index (κ2) is 6.09. The van der Waals surface area contributed by atoms with Crippen molar-refractivity contribution in [1.82, 2.24) is 0 Å². The number of terminal acetylenes is 1. The van der Waals surface area contributed by atoms with Crippen molar-refractivity contribution < 1.29 is 9.53 Å². The highest BCUT2D eigenvalue weighted by molar-refractivity contribution is 5.70. The number of carbonyl (C=O) groups excluding carboxylic acids is 1. The zero-order chi connectivity index (χ0) is 13.8. The molecule has 2 atom stereocenters. The molecule has 0 radical (unpaired) electrons. The van der Waals surface area contributed by atoms with Gasteiger partial charge in [-0.1, -0.05) is 18.6 Å². The van der Waals surface area contributed by atoms with Crippen LogP contribution in [0, 0.1) is 24.2 Å². The fourth-order valence-corrected chi connectivity index (χ4v) is 2.51. The second-order valence-electron chi connectivity index (χ2n) is 6.10. The molecule has 1 aliphatic carbocycles. The predicted octanol–water partition coefficient (Wildman–Crippen LogP) is 3.71. The molecule has 1 aliphatic rings. The van der Waals surface area contributed by atoms with Gasteiger partial charge in [-0.15, -0.1) is 12.3 Å². The van der Waals surface area contributed by atoms with Gasteiger partial charge in [-0.2, -0.15) is 0 Å². The molecule has 0 amide bonds. The van der Waals surface area contributed by atoms with Gasteiger partial charge in [0.25, 0.3) is 0 Å². The molecular weight excluding hydrogens is 224 g/mol. The summed E-state index contributed by atoms with van der Waals surface area (Å²) in [5.74, 6) is 3.20. The van der Waals surface area contributed by atoms with E-state index in [-0.39, 0.29) is 11.9 Å². The van der Waals surface area contributed by atoms with E-state index in [4.69, 9.17) is 11.2 Å². The number of esters is 1. The van der Waals surface area contributed by atoms with Crippen LogP contribution in [0.4, 0.5) is 0 Å². The largest absolute Gasteiger partial charge is 0.460 e. The summed E-state index contributed by atoms with van der Waals surface area (Å²) in [6.45, 7) is 9.81. The molecule has 0 spiro atoms. The third-order valence-electron chi connectivity index (χ3n) is 3.35. The molecule has 100 valence electrons. The lowest BCUT2D eigenvalue weighted by Crippen LogP contribution is -2.27. The first-order valence-electron chi connectivity index (χ1n) is 6.67. The highest BCUT2D eigenvalue weighted by Gasteiger charge is 2.28. The van der Waals surface area contributed by atoms with Gasteiger partial charge >= 0.3 is 5.97 Å². The first-order chi connectivity index (χ1) is 8.33. The van der Waals surface area contributed by atoms with Crippen LogP contribution in [0.2, 0.25) is 0 Å². The number of hydrogen-bond donors (Lipinski definition) is 0. The van der Waals surface area contributed by atoms with E-state index in [0.29, 0.717) is 12.3 Å². The highest BCUT2D eigenvalue weighted by Crippen LogP contribution is 2.37. The number of ether oxygens (including phenoxy) is 1. The number of hydrogen-bond acceptors (Lipinski definition) is 2. The molecule has 2 heteroatoms. The van der Waals surface area contributed by atoms with Gasteiger partial charge in [0, 0.05) is 6.42 Å². The molecule has 0 N–H and O–H groups in total. The zero-order valence-corrected chi connectivity index (χ0v) is 11.8. The molecule has 0 heterocycles. The Morgan fingerprint density at radius 2 is 2.06 bits per heavy atom. The molecule has 0 aromatic heterocycles.